The maximum atomic E-state index is 12.7. The first-order valence-electron chi connectivity index (χ1n) is 9.76. The van der Waals surface area contributed by atoms with Crippen LogP contribution in [0.25, 0.3) is 11.0 Å². The van der Waals surface area contributed by atoms with Gasteiger partial charge in [-0.05, 0) is 80.4 Å². The number of alkyl halides is 1. The van der Waals surface area contributed by atoms with Gasteiger partial charge in [-0.15, -0.1) is 0 Å². The minimum atomic E-state index is -0.389. The Hall–Kier alpha value is -1.62. The van der Waals surface area contributed by atoms with Crippen molar-refractivity contribution in [2.24, 2.45) is 17.3 Å². The first kappa shape index (κ1) is 17.5. The Balaban J connectivity index is 1.35. The van der Waals surface area contributed by atoms with E-state index in [2.05, 4.69) is 15.9 Å². The summed E-state index contributed by atoms with van der Waals surface area (Å²) in [6.45, 7) is 1.87. The third-order valence-corrected chi connectivity index (χ3v) is 7.71. The van der Waals surface area contributed by atoms with Gasteiger partial charge in [0.1, 0.15) is 11.3 Å². The molecule has 142 valence electrons. The molecule has 0 spiro atoms. The molecule has 2 aromatic rings. The van der Waals surface area contributed by atoms with Crippen LogP contribution in [0, 0.1) is 24.2 Å². The second-order valence-electron chi connectivity index (χ2n) is 9.17. The van der Waals surface area contributed by atoms with Crippen molar-refractivity contribution in [2.45, 2.75) is 56.2 Å². The van der Waals surface area contributed by atoms with Crippen LogP contribution in [0.1, 0.15) is 50.5 Å². The summed E-state index contributed by atoms with van der Waals surface area (Å²) in [5.74, 6) is 1.76. The molecule has 4 saturated carbocycles. The maximum absolute atomic E-state index is 12.7. The predicted molar refractivity (Wildman–Crippen MR) is 106 cm³/mol. The van der Waals surface area contributed by atoms with Crippen molar-refractivity contribution >= 4 is 32.9 Å². The molecular weight excluding hydrogens is 408 g/mol. The van der Waals surface area contributed by atoms with E-state index in [4.69, 9.17) is 9.15 Å². The molecule has 5 heteroatoms. The van der Waals surface area contributed by atoms with E-state index in [0.29, 0.717) is 17.8 Å². The normalized spacial score (nSPS) is 34.1. The van der Waals surface area contributed by atoms with Gasteiger partial charge < -0.3 is 9.15 Å². The number of halogens is 1. The largest absolute Gasteiger partial charge is 0.426 e. The van der Waals surface area contributed by atoms with Crippen LogP contribution in [0.15, 0.2) is 33.5 Å². The minimum absolute atomic E-state index is 0.0880. The van der Waals surface area contributed by atoms with Gasteiger partial charge in [0.25, 0.3) is 0 Å². The molecule has 2 atom stereocenters. The molecule has 0 N–H and O–H groups in total. The summed E-state index contributed by atoms with van der Waals surface area (Å²) in [7, 11) is 0. The van der Waals surface area contributed by atoms with E-state index in [1.165, 1.54) is 25.3 Å². The summed E-state index contributed by atoms with van der Waals surface area (Å²) in [5, 5.41) is 0.858. The van der Waals surface area contributed by atoms with Crippen molar-refractivity contribution in [1.29, 1.82) is 0 Å². The van der Waals surface area contributed by atoms with Crippen LogP contribution in [-0.4, -0.2) is 10.3 Å². The van der Waals surface area contributed by atoms with Crippen molar-refractivity contribution in [2.75, 3.05) is 0 Å². The Morgan fingerprint density at radius 1 is 1.22 bits per heavy atom. The van der Waals surface area contributed by atoms with E-state index in [-0.39, 0.29) is 21.3 Å². The topological polar surface area (TPSA) is 56.5 Å². The van der Waals surface area contributed by atoms with Gasteiger partial charge in [0, 0.05) is 21.8 Å². The SMILES string of the molecule is Cc1cc(=O)oc2cc(OC(=O)CC34C[C@H]5C[C@@H](CC(Br)(C5)C3)C4)ccc12. The number of benzene rings is 1. The van der Waals surface area contributed by atoms with Gasteiger partial charge in [0.2, 0.25) is 0 Å². The summed E-state index contributed by atoms with van der Waals surface area (Å²) < 4.78 is 11.2. The van der Waals surface area contributed by atoms with Crippen LogP contribution in [0.3, 0.4) is 0 Å². The molecule has 4 aliphatic rings. The van der Waals surface area contributed by atoms with Gasteiger partial charge in [0.05, 0.1) is 6.42 Å². The molecule has 4 nitrogen and oxygen atoms in total. The fraction of sp³-hybridized carbons (Fsp3) is 0.545. The fourth-order valence-electron chi connectivity index (χ4n) is 6.39. The summed E-state index contributed by atoms with van der Waals surface area (Å²) in [4.78, 5) is 24.3. The Bertz CT molecular complexity index is 977. The lowest BCUT2D eigenvalue weighted by molar-refractivity contribution is -0.141. The molecular formula is C22H23BrO4. The van der Waals surface area contributed by atoms with Crippen molar-refractivity contribution < 1.29 is 13.9 Å². The van der Waals surface area contributed by atoms with Gasteiger partial charge in [0.15, 0.2) is 0 Å². The Kier molecular flexibility index (Phi) is 3.84. The summed E-state index contributed by atoms with van der Waals surface area (Å²) >= 11 is 4.00. The molecule has 0 amide bonds. The van der Waals surface area contributed by atoms with Gasteiger partial charge in [-0.2, -0.15) is 0 Å². The van der Waals surface area contributed by atoms with Crippen LogP contribution in [-0.2, 0) is 4.79 Å². The average Bonchev–Trinajstić information content (AvgIpc) is 2.50. The Morgan fingerprint density at radius 3 is 2.67 bits per heavy atom. The Morgan fingerprint density at radius 2 is 1.96 bits per heavy atom. The number of carbonyl (C=O) groups excluding carboxylic acids is 1. The molecule has 6 rings (SSSR count). The highest BCUT2D eigenvalue weighted by atomic mass is 79.9. The van der Waals surface area contributed by atoms with Crippen molar-refractivity contribution in [1.82, 2.24) is 0 Å². The van der Waals surface area contributed by atoms with Gasteiger partial charge in [-0.3, -0.25) is 4.79 Å². The number of ether oxygens (including phenoxy) is 1. The van der Waals surface area contributed by atoms with E-state index in [1.807, 2.05) is 13.0 Å². The number of carbonyl (C=O) groups is 1. The summed E-state index contributed by atoms with van der Waals surface area (Å²) in [6.07, 6.45) is 7.69. The molecule has 4 bridgehead atoms. The van der Waals surface area contributed by atoms with Crippen LogP contribution >= 0.6 is 15.9 Å². The predicted octanol–water partition coefficient (Wildman–Crippen LogP) is 5.13. The van der Waals surface area contributed by atoms with Gasteiger partial charge in [-0.25, -0.2) is 4.79 Å². The number of hydrogen-bond acceptors (Lipinski definition) is 4. The third-order valence-electron chi connectivity index (χ3n) is 6.78. The zero-order valence-corrected chi connectivity index (χ0v) is 17.0. The van der Waals surface area contributed by atoms with Crippen LogP contribution in [0.5, 0.6) is 5.75 Å². The molecule has 27 heavy (non-hydrogen) atoms. The molecule has 1 aromatic heterocycles. The summed E-state index contributed by atoms with van der Waals surface area (Å²) in [5.41, 5.74) is 1.01. The first-order valence-corrected chi connectivity index (χ1v) is 10.6. The third kappa shape index (κ3) is 3.14. The van der Waals surface area contributed by atoms with Crippen LogP contribution in [0.4, 0.5) is 0 Å². The van der Waals surface area contributed by atoms with Crippen molar-refractivity contribution in [3.63, 3.8) is 0 Å². The molecule has 0 saturated heterocycles. The van der Waals surface area contributed by atoms with E-state index < -0.39 is 0 Å². The van der Waals surface area contributed by atoms with E-state index >= 15 is 0 Å². The molecule has 1 heterocycles. The lowest BCUT2D eigenvalue weighted by atomic mass is 9.49. The number of rotatable bonds is 3. The van der Waals surface area contributed by atoms with Gasteiger partial charge in [-0.1, -0.05) is 15.9 Å². The number of aryl methyl sites for hydroxylation is 1. The zero-order chi connectivity index (χ0) is 18.8. The smallest absolute Gasteiger partial charge is 0.336 e. The van der Waals surface area contributed by atoms with Crippen molar-refractivity contribution in [3.05, 3.63) is 40.2 Å². The average molecular weight is 431 g/mol. The molecule has 1 aromatic carbocycles. The second-order valence-corrected chi connectivity index (χ2v) is 10.9. The highest BCUT2D eigenvalue weighted by molar-refractivity contribution is 9.10. The highest BCUT2D eigenvalue weighted by Gasteiger charge is 2.57. The monoisotopic (exact) mass is 430 g/mol. The molecule has 0 aliphatic heterocycles. The van der Waals surface area contributed by atoms with Crippen molar-refractivity contribution in [3.8, 4) is 5.75 Å². The highest BCUT2D eigenvalue weighted by Crippen LogP contribution is 2.65. The standard InChI is InChI=1S/C22H23BrO4/c1-13-4-19(24)27-18-6-16(2-3-17(13)18)26-20(25)11-21-7-14-5-15(8-21)10-22(23,9-14)12-21/h2-4,6,14-15H,5,7-12H2,1H3/t14-,15-,21?,22?/m1/s1. The molecule has 4 aliphatic carbocycles. The van der Waals surface area contributed by atoms with E-state index in [1.54, 1.807) is 12.1 Å². The quantitative estimate of drug-likeness (QED) is 0.293. The lowest BCUT2D eigenvalue weighted by Gasteiger charge is -2.60. The maximum Gasteiger partial charge on any atom is 0.336 e. The van der Waals surface area contributed by atoms with E-state index in [0.717, 1.165) is 42.0 Å². The molecule has 0 unspecified atom stereocenters. The number of fused-ring (bicyclic) bond motifs is 1. The number of hydrogen-bond donors (Lipinski definition) is 0. The number of esters is 1. The Labute approximate surface area is 166 Å². The first-order chi connectivity index (χ1) is 12.8. The molecule has 4 fully saturated rings. The lowest BCUT2D eigenvalue weighted by Crippen LogP contribution is -2.53. The van der Waals surface area contributed by atoms with E-state index in [9.17, 15) is 9.59 Å². The van der Waals surface area contributed by atoms with Gasteiger partial charge >= 0.3 is 11.6 Å². The van der Waals surface area contributed by atoms with Crippen LogP contribution < -0.4 is 10.4 Å². The fourth-order valence-corrected chi connectivity index (χ4v) is 7.90. The zero-order valence-electron chi connectivity index (χ0n) is 15.4. The molecule has 0 radical (unpaired) electrons. The summed E-state index contributed by atoms with van der Waals surface area (Å²) in [6, 6.07) is 6.73. The minimum Gasteiger partial charge on any atom is -0.426 e. The van der Waals surface area contributed by atoms with Crippen LogP contribution in [0.2, 0.25) is 0 Å². The second kappa shape index (κ2) is 5.94.